The smallest absolute Gasteiger partial charge is 0.153 e. The molecule has 0 aliphatic rings. The summed E-state index contributed by atoms with van der Waals surface area (Å²) in [6.07, 6.45) is 0.898. The Labute approximate surface area is 114 Å². The molecule has 3 heteroatoms. The Kier molecular flexibility index (Phi) is 3.84. The van der Waals surface area contributed by atoms with Gasteiger partial charge >= 0.3 is 0 Å². The van der Waals surface area contributed by atoms with E-state index in [0.29, 0.717) is 5.56 Å². The molecule has 0 radical (unpaired) electrons. The molecule has 0 unspecified atom stereocenters. The SMILES string of the molecule is CCN(CC)c1nc2c(C)c(C)ccc2cc1C=O. The lowest BCUT2D eigenvalue weighted by Crippen LogP contribution is -2.24. The van der Waals surface area contributed by atoms with Crippen LogP contribution in [0.1, 0.15) is 35.3 Å². The highest BCUT2D eigenvalue weighted by atomic mass is 16.1. The number of aldehydes is 1. The van der Waals surface area contributed by atoms with E-state index >= 15 is 0 Å². The van der Waals surface area contributed by atoms with Crippen molar-refractivity contribution in [2.45, 2.75) is 27.7 Å². The van der Waals surface area contributed by atoms with Crippen LogP contribution in [0, 0.1) is 13.8 Å². The first-order valence-electron chi connectivity index (χ1n) is 6.73. The molecule has 0 amide bonds. The van der Waals surface area contributed by atoms with Crippen LogP contribution < -0.4 is 4.90 Å². The highest BCUT2D eigenvalue weighted by Gasteiger charge is 2.13. The summed E-state index contributed by atoms with van der Waals surface area (Å²) in [5.41, 5.74) is 4.07. The van der Waals surface area contributed by atoms with Crippen LogP contribution in [-0.4, -0.2) is 24.4 Å². The van der Waals surface area contributed by atoms with Crippen molar-refractivity contribution in [3.8, 4) is 0 Å². The molecule has 100 valence electrons. The van der Waals surface area contributed by atoms with Gasteiger partial charge in [-0.25, -0.2) is 4.98 Å². The molecule has 0 aliphatic heterocycles. The van der Waals surface area contributed by atoms with Crippen molar-refractivity contribution in [1.29, 1.82) is 0 Å². The largest absolute Gasteiger partial charge is 0.357 e. The zero-order valence-electron chi connectivity index (χ0n) is 12.0. The Hall–Kier alpha value is -1.90. The van der Waals surface area contributed by atoms with Gasteiger partial charge in [0, 0.05) is 18.5 Å². The van der Waals surface area contributed by atoms with Gasteiger partial charge in [0.2, 0.25) is 0 Å². The normalized spacial score (nSPS) is 10.7. The minimum Gasteiger partial charge on any atom is -0.357 e. The number of benzene rings is 1. The molecule has 0 fully saturated rings. The molecule has 19 heavy (non-hydrogen) atoms. The summed E-state index contributed by atoms with van der Waals surface area (Å²) in [6, 6.07) is 6.05. The average molecular weight is 256 g/mol. The number of carbonyl (C=O) groups excluding carboxylic acids is 1. The van der Waals surface area contributed by atoms with Crippen molar-refractivity contribution >= 4 is 23.0 Å². The molecule has 1 aromatic carbocycles. The van der Waals surface area contributed by atoms with Crippen LogP contribution in [0.3, 0.4) is 0 Å². The van der Waals surface area contributed by atoms with Gasteiger partial charge < -0.3 is 4.90 Å². The van der Waals surface area contributed by atoms with E-state index < -0.39 is 0 Å². The van der Waals surface area contributed by atoms with Gasteiger partial charge in [-0.3, -0.25) is 4.79 Å². The molecule has 0 atom stereocenters. The van der Waals surface area contributed by atoms with E-state index in [4.69, 9.17) is 4.98 Å². The van der Waals surface area contributed by atoms with E-state index in [1.54, 1.807) is 0 Å². The van der Waals surface area contributed by atoms with E-state index in [0.717, 1.165) is 36.1 Å². The fourth-order valence-corrected chi connectivity index (χ4v) is 2.35. The Balaban J connectivity index is 2.75. The van der Waals surface area contributed by atoms with Crippen LogP contribution >= 0.6 is 0 Å². The summed E-state index contributed by atoms with van der Waals surface area (Å²) in [5.74, 6) is 0.793. The second-order valence-electron chi connectivity index (χ2n) is 4.77. The summed E-state index contributed by atoms with van der Waals surface area (Å²) in [5, 5.41) is 1.03. The van der Waals surface area contributed by atoms with Crippen molar-refractivity contribution in [2.24, 2.45) is 0 Å². The molecule has 0 N–H and O–H groups in total. The van der Waals surface area contributed by atoms with Crippen molar-refractivity contribution in [2.75, 3.05) is 18.0 Å². The predicted molar refractivity (Wildman–Crippen MR) is 80.2 cm³/mol. The van der Waals surface area contributed by atoms with Gasteiger partial charge in [0.1, 0.15) is 5.82 Å². The number of carbonyl (C=O) groups is 1. The summed E-state index contributed by atoms with van der Waals surface area (Å²) in [6.45, 7) is 10.0. The summed E-state index contributed by atoms with van der Waals surface area (Å²) >= 11 is 0. The fourth-order valence-electron chi connectivity index (χ4n) is 2.35. The number of hydrogen-bond acceptors (Lipinski definition) is 3. The number of rotatable bonds is 4. The van der Waals surface area contributed by atoms with Crippen molar-refractivity contribution < 1.29 is 4.79 Å². The number of fused-ring (bicyclic) bond motifs is 1. The zero-order chi connectivity index (χ0) is 14.0. The van der Waals surface area contributed by atoms with Crippen LogP contribution in [0.15, 0.2) is 18.2 Å². The monoisotopic (exact) mass is 256 g/mol. The second-order valence-corrected chi connectivity index (χ2v) is 4.77. The van der Waals surface area contributed by atoms with Crippen LogP contribution in [0.2, 0.25) is 0 Å². The van der Waals surface area contributed by atoms with Crippen LogP contribution in [-0.2, 0) is 0 Å². The van der Waals surface area contributed by atoms with Gasteiger partial charge in [0.15, 0.2) is 6.29 Å². The van der Waals surface area contributed by atoms with Gasteiger partial charge in [0.25, 0.3) is 0 Å². The first-order valence-corrected chi connectivity index (χ1v) is 6.73. The standard InChI is InChI=1S/C16H20N2O/c1-5-18(6-2)16-14(10-19)9-13-8-7-11(3)12(4)15(13)17-16/h7-10H,5-6H2,1-4H3. The number of hydrogen-bond donors (Lipinski definition) is 0. The van der Waals surface area contributed by atoms with Crippen LogP contribution in [0.4, 0.5) is 5.82 Å². The number of aromatic nitrogens is 1. The molecule has 1 heterocycles. The lowest BCUT2D eigenvalue weighted by Gasteiger charge is -2.22. The molecule has 3 nitrogen and oxygen atoms in total. The maximum atomic E-state index is 11.3. The first kappa shape index (κ1) is 13.5. The Morgan fingerprint density at radius 3 is 2.47 bits per heavy atom. The summed E-state index contributed by atoms with van der Waals surface area (Å²) in [7, 11) is 0. The Bertz CT molecular complexity index is 616. The molecular formula is C16H20N2O. The molecule has 0 saturated heterocycles. The van der Waals surface area contributed by atoms with Crippen molar-refractivity contribution in [3.63, 3.8) is 0 Å². The summed E-state index contributed by atoms with van der Waals surface area (Å²) < 4.78 is 0. The average Bonchev–Trinajstić information content (AvgIpc) is 2.44. The molecule has 0 saturated carbocycles. The van der Waals surface area contributed by atoms with Gasteiger partial charge in [-0.1, -0.05) is 12.1 Å². The Morgan fingerprint density at radius 2 is 1.89 bits per heavy atom. The van der Waals surface area contributed by atoms with Crippen molar-refractivity contribution in [3.05, 3.63) is 34.9 Å². The summed E-state index contributed by atoms with van der Waals surface area (Å²) in [4.78, 5) is 18.2. The fraction of sp³-hybridized carbons (Fsp3) is 0.375. The molecule has 2 aromatic rings. The Morgan fingerprint density at radius 1 is 1.21 bits per heavy atom. The van der Waals surface area contributed by atoms with E-state index in [-0.39, 0.29) is 0 Å². The second kappa shape index (κ2) is 5.39. The maximum Gasteiger partial charge on any atom is 0.153 e. The molecule has 2 rings (SSSR count). The molecule has 1 aromatic heterocycles. The van der Waals surface area contributed by atoms with E-state index in [2.05, 4.69) is 38.7 Å². The number of pyridine rings is 1. The third-order valence-corrected chi connectivity index (χ3v) is 3.71. The highest BCUT2D eigenvalue weighted by molar-refractivity contribution is 5.93. The minimum absolute atomic E-state index is 0.666. The van der Waals surface area contributed by atoms with E-state index in [1.807, 2.05) is 12.1 Å². The minimum atomic E-state index is 0.666. The van der Waals surface area contributed by atoms with Crippen LogP contribution in [0.5, 0.6) is 0 Å². The van der Waals surface area contributed by atoms with Gasteiger partial charge in [-0.05, 0) is 44.9 Å². The molecule has 0 spiro atoms. The lowest BCUT2D eigenvalue weighted by atomic mass is 10.0. The van der Waals surface area contributed by atoms with Gasteiger partial charge in [0.05, 0.1) is 11.1 Å². The van der Waals surface area contributed by atoms with Crippen molar-refractivity contribution in [1.82, 2.24) is 4.98 Å². The van der Waals surface area contributed by atoms with Gasteiger partial charge in [-0.2, -0.15) is 0 Å². The predicted octanol–water partition coefficient (Wildman–Crippen LogP) is 3.51. The zero-order valence-corrected chi connectivity index (χ0v) is 12.0. The number of anilines is 1. The number of nitrogens with zero attached hydrogens (tertiary/aromatic N) is 2. The topological polar surface area (TPSA) is 33.2 Å². The highest BCUT2D eigenvalue weighted by Crippen LogP contribution is 2.26. The van der Waals surface area contributed by atoms with Crippen LogP contribution in [0.25, 0.3) is 10.9 Å². The van der Waals surface area contributed by atoms with E-state index in [9.17, 15) is 4.79 Å². The van der Waals surface area contributed by atoms with Gasteiger partial charge in [-0.15, -0.1) is 0 Å². The third kappa shape index (κ3) is 2.33. The molecule has 0 aliphatic carbocycles. The quantitative estimate of drug-likeness (QED) is 0.785. The molecule has 0 bridgehead atoms. The lowest BCUT2D eigenvalue weighted by molar-refractivity contribution is 0.112. The van der Waals surface area contributed by atoms with E-state index in [1.165, 1.54) is 11.1 Å². The molecular weight excluding hydrogens is 236 g/mol. The number of aryl methyl sites for hydroxylation is 2. The maximum absolute atomic E-state index is 11.3. The third-order valence-electron chi connectivity index (χ3n) is 3.71. The first-order chi connectivity index (χ1) is 9.12.